The smallest absolute Gasteiger partial charge is 0.287 e. The standard InChI is InChI=1S/C24H26FN3O2/c25-21-8-6-19(7-9-21)16-26-24(29)23-11-10-22(30-23)18-28-14-12-27(13-15-28)17-20-4-2-1-3-5-20/h1-11H,12-18H2,(H,26,29). The first-order valence-corrected chi connectivity index (χ1v) is 10.3. The van der Waals surface area contributed by atoms with E-state index >= 15 is 0 Å². The molecule has 0 spiro atoms. The fraction of sp³-hybridized carbons (Fsp3) is 0.292. The lowest BCUT2D eigenvalue weighted by Gasteiger charge is -2.34. The van der Waals surface area contributed by atoms with Crippen molar-refractivity contribution < 1.29 is 13.6 Å². The first kappa shape index (κ1) is 20.3. The molecule has 6 heteroatoms. The molecule has 1 N–H and O–H groups in total. The molecule has 4 rings (SSSR count). The summed E-state index contributed by atoms with van der Waals surface area (Å²) >= 11 is 0. The molecule has 1 aromatic heterocycles. The summed E-state index contributed by atoms with van der Waals surface area (Å²) in [5, 5.41) is 2.81. The van der Waals surface area contributed by atoms with E-state index in [0.717, 1.165) is 44.0 Å². The summed E-state index contributed by atoms with van der Waals surface area (Å²) in [6, 6.07) is 20.2. The molecule has 0 unspecified atom stereocenters. The Morgan fingerprint density at radius 2 is 1.50 bits per heavy atom. The van der Waals surface area contributed by atoms with Crippen LogP contribution in [0.15, 0.2) is 71.1 Å². The third kappa shape index (κ3) is 5.55. The fourth-order valence-corrected chi connectivity index (χ4v) is 3.62. The van der Waals surface area contributed by atoms with Gasteiger partial charge in [-0.05, 0) is 35.4 Å². The molecule has 0 radical (unpaired) electrons. The number of hydrogen-bond acceptors (Lipinski definition) is 4. The van der Waals surface area contributed by atoms with Crippen molar-refractivity contribution in [3.8, 4) is 0 Å². The highest BCUT2D eigenvalue weighted by Gasteiger charge is 2.19. The van der Waals surface area contributed by atoms with E-state index in [1.807, 2.05) is 12.1 Å². The van der Waals surface area contributed by atoms with Crippen LogP contribution in [0.1, 0.15) is 27.4 Å². The third-order valence-corrected chi connectivity index (χ3v) is 5.35. The summed E-state index contributed by atoms with van der Waals surface area (Å²) in [6.45, 7) is 5.98. The fourth-order valence-electron chi connectivity index (χ4n) is 3.62. The topological polar surface area (TPSA) is 48.7 Å². The van der Waals surface area contributed by atoms with E-state index in [1.165, 1.54) is 17.7 Å². The number of amides is 1. The van der Waals surface area contributed by atoms with Gasteiger partial charge in [0.15, 0.2) is 5.76 Å². The van der Waals surface area contributed by atoms with Gasteiger partial charge in [0.25, 0.3) is 5.91 Å². The molecule has 0 saturated carbocycles. The van der Waals surface area contributed by atoms with E-state index in [0.29, 0.717) is 18.8 Å². The second-order valence-electron chi connectivity index (χ2n) is 7.61. The van der Waals surface area contributed by atoms with Crippen molar-refractivity contribution in [2.75, 3.05) is 26.2 Å². The molecule has 156 valence electrons. The normalized spacial score (nSPS) is 15.2. The zero-order valence-corrected chi connectivity index (χ0v) is 16.9. The number of hydrogen-bond donors (Lipinski definition) is 1. The monoisotopic (exact) mass is 407 g/mol. The van der Waals surface area contributed by atoms with Crippen LogP contribution in [0.25, 0.3) is 0 Å². The van der Waals surface area contributed by atoms with Gasteiger partial charge in [-0.15, -0.1) is 0 Å². The summed E-state index contributed by atoms with van der Waals surface area (Å²) in [4.78, 5) is 17.1. The van der Waals surface area contributed by atoms with Crippen LogP contribution in [-0.2, 0) is 19.6 Å². The maximum Gasteiger partial charge on any atom is 0.287 e. The maximum absolute atomic E-state index is 13.0. The van der Waals surface area contributed by atoms with Crippen LogP contribution in [-0.4, -0.2) is 41.9 Å². The van der Waals surface area contributed by atoms with Crippen LogP contribution in [0, 0.1) is 5.82 Å². The highest BCUT2D eigenvalue weighted by Crippen LogP contribution is 2.14. The van der Waals surface area contributed by atoms with E-state index < -0.39 is 0 Å². The quantitative estimate of drug-likeness (QED) is 0.649. The Morgan fingerprint density at radius 3 is 2.20 bits per heavy atom. The van der Waals surface area contributed by atoms with E-state index in [-0.39, 0.29) is 11.7 Å². The number of benzene rings is 2. The van der Waals surface area contributed by atoms with Crippen molar-refractivity contribution in [1.82, 2.24) is 15.1 Å². The van der Waals surface area contributed by atoms with Gasteiger partial charge in [-0.2, -0.15) is 0 Å². The summed E-state index contributed by atoms with van der Waals surface area (Å²) < 4.78 is 18.7. The van der Waals surface area contributed by atoms with E-state index in [9.17, 15) is 9.18 Å². The Balaban J connectivity index is 1.22. The van der Waals surface area contributed by atoms with Crippen molar-refractivity contribution in [3.05, 3.63) is 95.2 Å². The Kier molecular flexibility index (Phi) is 6.57. The SMILES string of the molecule is O=C(NCc1ccc(F)cc1)c1ccc(CN2CCN(Cc3ccccc3)CC2)o1. The average Bonchev–Trinajstić information content (AvgIpc) is 3.24. The Hall–Kier alpha value is -2.96. The van der Waals surface area contributed by atoms with Crippen molar-refractivity contribution in [2.24, 2.45) is 0 Å². The molecule has 3 aromatic rings. The summed E-state index contributed by atoms with van der Waals surface area (Å²) in [5.41, 5.74) is 2.18. The Bertz CT molecular complexity index is 948. The van der Waals surface area contributed by atoms with Gasteiger partial charge in [0.05, 0.1) is 6.54 Å². The van der Waals surface area contributed by atoms with Gasteiger partial charge in [-0.25, -0.2) is 4.39 Å². The van der Waals surface area contributed by atoms with Gasteiger partial charge < -0.3 is 9.73 Å². The Morgan fingerprint density at radius 1 is 0.833 bits per heavy atom. The molecule has 30 heavy (non-hydrogen) atoms. The van der Waals surface area contributed by atoms with Crippen molar-refractivity contribution in [2.45, 2.75) is 19.6 Å². The van der Waals surface area contributed by atoms with E-state index in [1.54, 1.807) is 18.2 Å². The number of carbonyl (C=O) groups is 1. The number of nitrogens with zero attached hydrogens (tertiary/aromatic N) is 2. The molecular formula is C24H26FN3O2. The molecule has 5 nitrogen and oxygen atoms in total. The average molecular weight is 407 g/mol. The predicted molar refractivity (Wildman–Crippen MR) is 113 cm³/mol. The second kappa shape index (κ2) is 9.69. The molecule has 2 aromatic carbocycles. The molecule has 1 fully saturated rings. The number of carbonyl (C=O) groups excluding carboxylic acids is 1. The number of halogens is 1. The van der Waals surface area contributed by atoms with Gasteiger partial charge in [-0.3, -0.25) is 14.6 Å². The number of rotatable bonds is 7. The number of nitrogens with one attached hydrogen (secondary N) is 1. The van der Waals surface area contributed by atoms with Gasteiger partial charge in [-0.1, -0.05) is 42.5 Å². The van der Waals surface area contributed by atoms with Crippen molar-refractivity contribution in [1.29, 1.82) is 0 Å². The van der Waals surface area contributed by atoms with Gasteiger partial charge in [0.1, 0.15) is 11.6 Å². The molecule has 0 aliphatic carbocycles. The second-order valence-corrected chi connectivity index (χ2v) is 7.61. The zero-order chi connectivity index (χ0) is 20.8. The van der Waals surface area contributed by atoms with Gasteiger partial charge in [0.2, 0.25) is 0 Å². The summed E-state index contributed by atoms with van der Waals surface area (Å²) in [7, 11) is 0. The summed E-state index contributed by atoms with van der Waals surface area (Å²) in [6.07, 6.45) is 0. The van der Waals surface area contributed by atoms with Gasteiger partial charge >= 0.3 is 0 Å². The lowest BCUT2D eigenvalue weighted by atomic mass is 10.2. The molecule has 1 aliphatic rings. The lowest BCUT2D eigenvalue weighted by molar-refractivity contribution is 0.0912. The van der Waals surface area contributed by atoms with Crippen LogP contribution in [0.3, 0.4) is 0 Å². The van der Waals surface area contributed by atoms with Crippen LogP contribution < -0.4 is 5.32 Å². The number of furan rings is 1. The number of piperazine rings is 1. The zero-order valence-electron chi connectivity index (χ0n) is 16.9. The maximum atomic E-state index is 13.0. The largest absolute Gasteiger partial charge is 0.455 e. The highest BCUT2D eigenvalue weighted by molar-refractivity contribution is 5.91. The van der Waals surface area contributed by atoms with Crippen LogP contribution in [0.4, 0.5) is 4.39 Å². The summed E-state index contributed by atoms with van der Waals surface area (Å²) in [5.74, 6) is 0.535. The molecule has 1 saturated heterocycles. The van der Waals surface area contributed by atoms with Crippen molar-refractivity contribution >= 4 is 5.91 Å². The van der Waals surface area contributed by atoms with Crippen LogP contribution >= 0.6 is 0 Å². The van der Waals surface area contributed by atoms with Crippen LogP contribution in [0.5, 0.6) is 0 Å². The molecule has 2 heterocycles. The molecule has 0 bridgehead atoms. The van der Waals surface area contributed by atoms with Crippen molar-refractivity contribution in [3.63, 3.8) is 0 Å². The first-order chi connectivity index (χ1) is 14.7. The first-order valence-electron chi connectivity index (χ1n) is 10.3. The molecule has 1 amide bonds. The highest BCUT2D eigenvalue weighted by atomic mass is 19.1. The molecule has 0 atom stereocenters. The molecule has 1 aliphatic heterocycles. The Labute approximate surface area is 176 Å². The molecular weight excluding hydrogens is 381 g/mol. The van der Waals surface area contributed by atoms with E-state index in [4.69, 9.17) is 4.42 Å². The predicted octanol–water partition coefficient (Wildman–Crippen LogP) is 3.67. The minimum Gasteiger partial charge on any atom is -0.455 e. The van der Waals surface area contributed by atoms with Gasteiger partial charge in [0, 0.05) is 39.3 Å². The van der Waals surface area contributed by atoms with Crippen LogP contribution in [0.2, 0.25) is 0 Å². The lowest BCUT2D eigenvalue weighted by Crippen LogP contribution is -2.45. The minimum atomic E-state index is -0.290. The third-order valence-electron chi connectivity index (χ3n) is 5.35. The van der Waals surface area contributed by atoms with E-state index in [2.05, 4.69) is 39.4 Å². The minimum absolute atomic E-state index is 0.266.